The molecule has 0 aliphatic heterocycles. The summed E-state index contributed by atoms with van der Waals surface area (Å²) in [6, 6.07) is 6.36. The highest BCUT2D eigenvalue weighted by Gasteiger charge is 2.03. The summed E-state index contributed by atoms with van der Waals surface area (Å²) in [4.78, 5) is 10.3. The van der Waals surface area contributed by atoms with Gasteiger partial charge in [0.2, 0.25) is 0 Å². The van der Waals surface area contributed by atoms with Crippen LogP contribution in [0.5, 0.6) is 0 Å². The highest BCUT2D eigenvalue weighted by atomic mass is 16.4. The number of aromatic carboxylic acids is 1. The van der Waals surface area contributed by atoms with Gasteiger partial charge in [-0.1, -0.05) is 32.4 Å². The summed E-state index contributed by atoms with van der Waals surface area (Å²) in [5.41, 5.74) is 5.80. The van der Waals surface area contributed by atoms with E-state index >= 15 is 0 Å². The predicted octanol–water partition coefficient (Wildman–Crippen LogP) is 2.38. The molecule has 72 valence electrons. The Labute approximate surface area is 78.2 Å². The summed E-state index contributed by atoms with van der Waals surface area (Å²) in [5.74, 6) is -0.988. The van der Waals surface area contributed by atoms with Crippen LogP contribution in [0.2, 0.25) is 0 Å². The van der Waals surface area contributed by atoms with Gasteiger partial charge in [-0.25, -0.2) is 4.79 Å². The van der Waals surface area contributed by atoms with Crippen molar-refractivity contribution in [3.8, 4) is 0 Å². The number of anilines is 1. The second-order valence-corrected chi connectivity index (χ2v) is 2.60. The molecule has 0 aromatic heterocycles. The SMILES string of the molecule is CCC.Nc1ccccc1C(=O)O. The van der Waals surface area contributed by atoms with Gasteiger partial charge in [-0.2, -0.15) is 0 Å². The van der Waals surface area contributed by atoms with Crippen LogP contribution in [0.1, 0.15) is 30.6 Å². The van der Waals surface area contributed by atoms with Gasteiger partial charge in [-0.3, -0.25) is 0 Å². The molecule has 0 fully saturated rings. The zero-order valence-corrected chi connectivity index (χ0v) is 7.95. The fourth-order valence-electron chi connectivity index (χ4n) is 0.692. The summed E-state index contributed by atoms with van der Waals surface area (Å²) in [5, 5.41) is 8.49. The van der Waals surface area contributed by atoms with E-state index in [4.69, 9.17) is 10.8 Å². The number of benzene rings is 1. The minimum atomic E-state index is -0.988. The zero-order chi connectivity index (χ0) is 10.3. The van der Waals surface area contributed by atoms with E-state index in [-0.39, 0.29) is 5.56 Å². The Morgan fingerprint density at radius 1 is 1.38 bits per heavy atom. The minimum absolute atomic E-state index is 0.155. The lowest BCUT2D eigenvalue weighted by Crippen LogP contribution is -2.00. The highest BCUT2D eigenvalue weighted by molar-refractivity contribution is 5.93. The molecule has 3 N–H and O–H groups in total. The van der Waals surface area contributed by atoms with Crippen molar-refractivity contribution >= 4 is 11.7 Å². The summed E-state index contributed by atoms with van der Waals surface area (Å²) >= 11 is 0. The van der Waals surface area contributed by atoms with Crippen LogP contribution in [0.25, 0.3) is 0 Å². The van der Waals surface area contributed by atoms with Crippen molar-refractivity contribution in [1.29, 1.82) is 0 Å². The molecular formula is C10H15NO2. The first-order valence-corrected chi connectivity index (χ1v) is 4.21. The first-order valence-electron chi connectivity index (χ1n) is 4.21. The van der Waals surface area contributed by atoms with E-state index < -0.39 is 5.97 Å². The van der Waals surface area contributed by atoms with Crippen LogP contribution in [0, 0.1) is 0 Å². The first-order chi connectivity index (χ1) is 6.13. The van der Waals surface area contributed by atoms with Gasteiger partial charge in [0.15, 0.2) is 0 Å². The molecule has 0 aliphatic rings. The lowest BCUT2D eigenvalue weighted by atomic mass is 10.2. The third kappa shape index (κ3) is 4.15. The molecule has 0 saturated carbocycles. The first kappa shape index (κ1) is 11.5. The van der Waals surface area contributed by atoms with Gasteiger partial charge in [0, 0.05) is 5.69 Å². The summed E-state index contributed by atoms with van der Waals surface area (Å²) in [6.45, 7) is 4.25. The summed E-state index contributed by atoms with van der Waals surface area (Å²) in [6.07, 6.45) is 1.25. The van der Waals surface area contributed by atoms with Crippen molar-refractivity contribution in [3.63, 3.8) is 0 Å². The molecule has 1 aromatic carbocycles. The maximum absolute atomic E-state index is 10.3. The lowest BCUT2D eigenvalue weighted by Gasteiger charge is -1.96. The molecule has 0 radical (unpaired) electrons. The zero-order valence-electron chi connectivity index (χ0n) is 7.95. The Kier molecular flexibility index (Phi) is 5.35. The van der Waals surface area contributed by atoms with Crippen LogP contribution in [0.15, 0.2) is 24.3 Å². The number of carboxylic acids is 1. The molecule has 0 saturated heterocycles. The van der Waals surface area contributed by atoms with Gasteiger partial charge in [-0.05, 0) is 12.1 Å². The van der Waals surface area contributed by atoms with Gasteiger partial charge in [0.1, 0.15) is 0 Å². The van der Waals surface area contributed by atoms with E-state index in [0.717, 1.165) is 0 Å². The van der Waals surface area contributed by atoms with Crippen molar-refractivity contribution in [2.75, 3.05) is 5.73 Å². The molecular weight excluding hydrogens is 166 g/mol. The largest absolute Gasteiger partial charge is 0.478 e. The van der Waals surface area contributed by atoms with E-state index in [1.54, 1.807) is 18.2 Å². The minimum Gasteiger partial charge on any atom is -0.478 e. The molecule has 1 aromatic rings. The van der Waals surface area contributed by atoms with E-state index in [9.17, 15) is 4.79 Å². The molecule has 3 nitrogen and oxygen atoms in total. The topological polar surface area (TPSA) is 63.3 Å². The molecule has 0 aliphatic carbocycles. The Morgan fingerprint density at radius 3 is 2.15 bits per heavy atom. The van der Waals surface area contributed by atoms with Crippen LogP contribution in [0.4, 0.5) is 5.69 Å². The molecule has 0 atom stereocenters. The van der Waals surface area contributed by atoms with E-state index in [1.165, 1.54) is 12.5 Å². The fraction of sp³-hybridized carbons (Fsp3) is 0.300. The molecule has 13 heavy (non-hydrogen) atoms. The standard InChI is InChI=1S/C7H7NO2.C3H8/c8-6-4-2-1-3-5(6)7(9)10;1-3-2/h1-4H,8H2,(H,9,10);3H2,1-2H3. The van der Waals surface area contributed by atoms with Gasteiger partial charge < -0.3 is 10.8 Å². The van der Waals surface area contributed by atoms with Gasteiger partial charge in [0.25, 0.3) is 0 Å². The number of hydrogen-bond donors (Lipinski definition) is 2. The smallest absolute Gasteiger partial charge is 0.337 e. The van der Waals surface area contributed by atoms with Crippen LogP contribution in [0.3, 0.4) is 0 Å². The Hall–Kier alpha value is -1.51. The Bertz CT molecular complexity index is 271. The van der Waals surface area contributed by atoms with Crippen molar-refractivity contribution < 1.29 is 9.90 Å². The molecule has 0 unspecified atom stereocenters. The molecule has 0 bridgehead atoms. The number of hydrogen-bond acceptors (Lipinski definition) is 2. The van der Waals surface area contributed by atoms with Gasteiger partial charge in [-0.15, -0.1) is 0 Å². The van der Waals surface area contributed by atoms with E-state index in [0.29, 0.717) is 5.69 Å². The number of nitrogen functional groups attached to an aromatic ring is 1. The number of rotatable bonds is 1. The second-order valence-electron chi connectivity index (χ2n) is 2.60. The summed E-state index contributed by atoms with van der Waals surface area (Å²) < 4.78 is 0. The van der Waals surface area contributed by atoms with E-state index in [1.807, 2.05) is 0 Å². The van der Waals surface area contributed by atoms with Crippen LogP contribution in [-0.4, -0.2) is 11.1 Å². The van der Waals surface area contributed by atoms with Crippen molar-refractivity contribution in [2.24, 2.45) is 0 Å². The third-order valence-corrected chi connectivity index (χ3v) is 1.19. The number of carboxylic acid groups (broad SMARTS) is 1. The van der Waals surface area contributed by atoms with Crippen LogP contribution in [-0.2, 0) is 0 Å². The second kappa shape index (κ2) is 6.06. The van der Waals surface area contributed by atoms with Gasteiger partial charge in [0.05, 0.1) is 5.56 Å². The number of carbonyl (C=O) groups is 1. The summed E-state index contributed by atoms with van der Waals surface area (Å²) in [7, 11) is 0. The normalized spacial score (nSPS) is 8.46. The maximum atomic E-state index is 10.3. The average molecular weight is 181 g/mol. The lowest BCUT2D eigenvalue weighted by molar-refractivity contribution is 0.0698. The molecule has 3 heteroatoms. The molecule has 0 spiro atoms. The molecule has 1 rings (SSSR count). The average Bonchev–Trinajstić information content (AvgIpc) is 2.06. The van der Waals surface area contributed by atoms with Crippen LogP contribution >= 0.6 is 0 Å². The predicted molar refractivity (Wildman–Crippen MR) is 53.8 cm³/mol. The number of nitrogens with two attached hydrogens (primary N) is 1. The fourth-order valence-corrected chi connectivity index (χ4v) is 0.692. The van der Waals surface area contributed by atoms with Crippen molar-refractivity contribution in [3.05, 3.63) is 29.8 Å². The highest BCUT2D eigenvalue weighted by Crippen LogP contribution is 2.08. The van der Waals surface area contributed by atoms with Crippen molar-refractivity contribution in [2.45, 2.75) is 20.3 Å². The maximum Gasteiger partial charge on any atom is 0.337 e. The Morgan fingerprint density at radius 2 is 1.85 bits per heavy atom. The third-order valence-electron chi connectivity index (χ3n) is 1.19. The molecule has 0 amide bonds. The Balaban J connectivity index is 0.000000424. The number of para-hydroxylation sites is 1. The van der Waals surface area contributed by atoms with Gasteiger partial charge >= 0.3 is 5.97 Å². The van der Waals surface area contributed by atoms with Crippen molar-refractivity contribution in [1.82, 2.24) is 0 Å². The van der Waals surface area contributed by atoms with E-state index in [2.05, 4.69) is 13.8 Å². The quantitative estimate of drug-likeness (QED) is 0.654. The van der Waals surface area contributed by atoms with Crippen LogP contribution < -0.4 is 5.73 Å². The monoisotopic (exact) mass is 181 g/mol. The molecule has 0 heterocycles.